The average Bonchev–Trinajstić information content (AvgIpc) is 2.68. The summed E-state index contributed by atoms with van der Waals surface area (Å²) in [5.41, 5.74) is 3.85. The van der Waals surface area contributed by atoms with E-state index in [0.717, 1.165) is 17.8 Å². The van der Waals surface area contributed by atoms with Gasteiger partial charge in [0.15, 0.2) is 5.78 Å². The summed E-state index contributed by atoms with van der Waals surface area (Å²) in [6, 6.07) is 29.7. The molecule has 0 saturated heterocycles. The molecule has 0 N–H and O–H groups in total. The zero-order chi connectivity index (χ0) is 17.5. The fraction of sp³-hybridized carbons (Fsp3) is 0.0870. The lowest BCUT2D eigenvalue weighted by molar-refractivity contribution is 0.104. The van der Waals surface area contributed by atoms with Crippen LogP contribution in [0.3, 0.4) is 0 Å². The molecular weight excluding hydrogens is 306 g/mol. The molecule has 2 heteroatoms. The number of benzene rings is 3. The van der Waals surface area contributed by atoms with Gasteiger partial charge in [0.25, 0.3) is 0 Å². The van der Waals surface area contributed by atoms with E-state index in [4.69, 9.17) is 0 Å². The third kappa shape index (κ3) is 4.45. The second kappa shape index (κ2) is 8.11. The molecule has 0 radical (unpaired) electrons. The Morgan fingerprint density at radius 1 is 0.760 bits per heavy atom. The van der Waals surface area contributed by atoms with Crippen LogP contribution in [0.4, 0.5) is 0 Å². The van der Waals surface area contributed by atoms with Crippen LogP contribution in [0.1, 0.15) is 21.5 Å². The molecule has 0 fully saturated rings. The van der Waals surface area contributed by atoms with Crippen molar-refractivity contribution < 1.29 is 4.79 Å². The summed E-state index contributed by atoms with van der Waals surface area (Å²) in [4.78, 5) is 14.8. The van der Waals surface area contributed by atoms with Crippen LogP contribution < -0.4 is 0 Å². The second-order valence-electron chi connectivity index (χ2n) is 5.97. The summed E-state index contributed by atoms with van der Waals surface area (Å²) in [6.45, 7) is 0.740. The van der Waals surface area contributed by atoms with Gasteiger partial charge in [0.05, 0.1) is 0 Å². The van der Waals surface area contributed by atoms with Crippen LogP contribution >= 0.6 is 0 Å². The maximum atomic E-state index is 12.7. The van der Waals surface area contributed by atoms with Gasteiger partial charge < -0.3 is 4.90 Å². The molecule has 3 aromatic carbocycles. The maximum Gasteiger partial charge on any atom is 0.187 e. The highest BCUT2D eigenvalue weighted by Crippen LogP contribution is 2.21. The van der Waals surface area contributed by atoms with Crippen molar-refractivity contribution in [2.24, 2.45) is 0 Å². The molecule has 0 amide bonds. The molecule has 3 aromatic rings. The van der Waals surface area contributed by atoms with Crippen molar-refractivity contribution in [3.63, 3.8) is 0 Å². The Bertz CT molecular complexity index is 839. The van der Waals surface area contributed by atoms with Crippen LogP contribution in [-0.4, -0.2) is 17.7 Å². The number of hydrogen-bond donors (Lipinski definition) is 0. The van der Waals surface area contributed by atoms with Crippen LogP contribution in [-0.2, 0) is 6.54 Å². The summed E-state index contributed by atoms with van der Waals surface area (Å²) >= 11 is 0. The van der Waals surface area contributed by atoms with Gasteiger partial charge in [0.2, 0.25) is 0 Å². The lowest BCUT2D eigenvalue weighted by Crippen LogP contribution is -2.17. The summed E-state index contributed by atoms with van der Waals surface area (Å²) < 4.78 is 0. The van der Waals surface area contributed by atoms with Crippen LogP contribution in [0.25, 0.3) is 5.70 Å². The van der Waals surface area contributed by atoms with Gasteiger partial charge in [-0.1, -0.05) is 91.0 Å². The molecular formula is C23H21NO. The van der Waals surface area contributed by atoms with Crippen LogP contribution in [0, 0.1) is 0 Å². The Hall–Kier alpha value is -3.13. The SMILES string of the molecule is CN(Cc1ccccc1)/C(=C/C(=O)c1ccccc1)c1ccccc1. The quantitative estimate of drug-likeness (QED) is 0.467. The smallest absolute Gasteiger partial charge is 0.187 e. The Labute approximate surface area is 149 Å². The number of allylic oxidation sites excluding steroid dienone is 1. The summed E-state index contributed by atoms with van der Waals surface area (Å²) in [5, 5.41) is 0. The second-order valence-corrected chi connectivity index (χ2v) is 5.97. The third-order valence-corrected chi connectivity index (χ3v) is 4.07. The first kappa shape index (κ1) is 16.7. The van der Waals surface area contributed by atoms with Crippen molar-refractivity contribution in [1.82, 2.24) is 4.90 Å². The van der Waals surface area contributed by atoms with Gasteiger partial charge >= 0.3 is 0 Å². The van der Waals surface area contributed by atoms with E-state index in [1.54, 1.807) is 6.08 Å². The van der Waals surface area contributed by atoms with E-state index in [-0.39, 0.29) is 5.78 Å². The molecule has 0 aliphatic rings. The molecule has 0 aliphatic carbocycles. The van der Waals surface area contributed by atoms with Crippen molar-refractivity contribution in [3.8, 4) is 0 Å². The number of carbonyl (C=O) groups excluding carboxylic acids is 1. The van der Waals surface area contributed by atoms with Gasteiger partial charge in [-0.3, -0.25) is 4.79 Å². The summed E-state index contributed by atoms with van der Waals surface area (Å²) in [5.74, 6) is 0.0133. The minimum absolute atomic E-state index is 0.0133. The molecule has 0 spiro atoms. The number of carbonyl (C=O) groups is 1. The van der Waals surface area contributed by atoms with Gasteiger partial charge in [-0.05, 0) is 11.1 Å². The minimum Gasteiger partial charge on any atom is -0.370 e. The molecule has 2 nitrogen and oxygen atoms in total. The van der Waals surface area contributed by atoms with Crippen molar-refractivity contribution in [2.45, 2.75) is 6.54 Å². The van der Waals surface area contributed by atoms with Gasteiger partial charge in [-0.2, -0.15) is 0 Å². The Morgan fingerprint density at radius 2 is 1.24 bits per heavy atom. The van der Waals surface area contributed by atoms with Gasteiger partial charge in [-0.15, -0.1) is 0 Å². The molecule has 25 heavy (non-hydrogen) atoms. The highest BCUT2D eigenvalue weighted by molar-refractivity contribution is 6.08. The van der Waals surface area contributed by atoms with E-state index in [9.17, 15) is 4.79 Å². The normalized spacial score (nSPS) is 11.2. The predicted octanol–water partition coefficient (Wildman–Crippen LogP) is 5.04. The lowest BCUT2D eigenvalue weighted by atomic mass is 10.1. The third-order valence-electron chi connectivity index (χ3n) is 4.07. The van der Waals surface area contributed by atoms with Crippen LogP contribution in [0.2, 0.25) is 0 Å². The number of ketones is 1. The number of rotatable bonds is 6. The zero-order valence-electron chi connectivity index (χ0n) is 14.3. The zero-order valence-corrected chi connectivity index (χ0v) is 14.3. The highest BCUT2D eigenvalue weighted by Gasteiger charge is 2.11. The van der Waals surface area contributed by atoms with E-state index in [1.165, 1.54) is 5.56 Å². The monoisotopic (exact) mass is 327 g/mol. The minimum atomic E-state index is 0.0133. The summed E-state index contributed by atoms with van der Waals surface area (Å²) in [7, 11) is 2.02. The van der Waals surface area contributed by atoms with Crippen molar-refractivity contribution in [3.05, 3.63) is 114 Å². The number of nitrogens with zero attached hydrogens (tertiary/aromatic N) is 1. The predicted molar refractivity (Wildman–Crippen MR) is 103 cm³/mol. The molecule has 0 unspecified atom stereocenters. The van der Waals surface area contributed by atoms with E-state index in [1.807, 2.05) is 85.9 Å². The first-order valence-corrected chi connectivity index (χ1v) is 8.35. The molecule has 3 rings (SSSR count). The van der Waals surface area contributed by atoms with E-state index in [2.05, 4.69) is 17.0 Å². The van der Waals surface area contributed by atoms with Gasteiger partial charge in [-0.25, -0.2) is 0 Å². The fourth-order valence-corrected chi connectivity index (χ4v) is 2.78. The molecule has 0 aliphatic heterocycles. The topological polar surface area (TPSA) is 20.3 Å². The number of hydrogen-bond acceptors (Lipinski definition) is 2. The molecule has 0 aromatic heterocycles. The first-order chi connectivity index (χ1) is 12.2. The average molecular weight is 327 g/mol. The maximum absolute atomic E-state index is 12.7. The standard InChI is InChI=1S/C23H21NO/c1-24(18-19-11-5-2-6-12-19)22(20-13-7-3-8-14-20)17-23(25)21-15-9-4-10-16-21/h2-17H,18H2,1H3/b22-17+. The van der Waals surface area contributed by atoms with E-state index in [0.29, 0.717) is 5.56 Å². The van der Waals surface area contributed by atoms with Gasteiger partial charge in [0, 0.05) is 30.9 Å². The fourth-order valence-electron chi connectivity index (χ4n) is 2.78. The summed E-state index contributed by atoms with van der Waals surface area (Å²) in [6.07, 6.45) is 1.73. The molecule has 0 atom stereocenters. The Balaban J connectivity index is 1.93. The van der Waals surface area contributed by atoms with Crippen molar-refractivity contribution in [1.29, 1.82) is 0 Å². The molecule has 0 heterocycles. The Kier molecular flexibility index (Phi) is 5.43. The lowest BCUT2D eigenvalue weighted by Gasteiger charge is -2.23. The highest BCUT2D eigenvalue weighted by atomic mass is 16.1. The van der Waals surface area contributed by atoms with Gasteiger partial charge in [0.1, 0.15) is 0 Å². The first-order valence-electron chi connectivity index (χ1n) is 8.35. The van der Waals surface area contributed by atoms with E-state index >= 15 is 0 Å². The van der Waals surface area contributed by atoms with Crippen LogP contribution in [0.15, 0.2) is 97.1 Å². The Morgan fingerprint density at radius 3 is 1.80 bits per heavy atom. The van der Waals surface area contributed by atoms with E-state index < -0.39 is 0 Å². The van der Waals surface area contributed by atoms with Crippen molar-refractivity contribution in [2.75, 3.05) is 7.05 Å². The molecule has 0 bridgehead atoms. The largest absolute Gasteiger partial charge is 0.370 e. The molecule has 124 valence electrons. The molecule has 0 saturated carbocycles. The van der Waals surface area contributed by atoms with Crippen LogP contribution in [0.5, 0.6) is 0 Å². The van der Waals surface area contributed by atoms with Crippen molar-refractivity contribution >= 4 is 11.5 Å².